The molecule has 0 radical (unpaired) electrons. The fraction of sp³-hybridized carbons (Fsp3) is 0.500. The number of H-pyrrole nitrogens is 1. The fourth-order valence-electron chi connectivity index (χ4n) is 2.10. The first kappa shape index (κ1) is 14.7. The van der Waals surface area contributed by atoms with E-state index in [1.165, 1.54) is 12.3 Å². The summed E-state index contributed by atoms with van der Waals surface area (Å²) < 4.78 is 0. The van der Waals surface area contributed by atoms with Crippen LogP contribution in [0.3, 0.4) is 0 Å². The van der Waals surface area contributed by atoms with Gasteiger partial charge in [-0.15, -0.1) is 12.4 Å². The Hall–Kier alpha value is -1.33. The minimum absolute atomic E-state index is 0. The van der Waals surface area contributed by atoms with Crippen LogP contribution in [0.25, 0.3) is 0 Å². The summed E-state index contributed by atoms with van der Waals surface area (Å²) in [7, 11) is 0. The summed E-state index contributed by atoms with van der Waals surface area (Å²) in [5.41, 5.74) is 1.13. The molecule has 2 rings (SSSR count). The van der Waals surface area contributed by atoms with E-state index in [2.05, 4.69) is 10.3 Å². The van der Waals surface area contributed by atoms with Crippen molar-refractivity contribution >= 4 is 18.3 Å². The zero-order valence-corrected chi connectivity index (χ0v) is 11.3. The van der Waals surface area contributed by atoms with Gasteiger partial charge in [-0.05, 0) is 19.4 Å². The highest BCUT2D eigenvalue weighted by atomic mass is 35.5. The highest BCUT2D eigenvalue weighted by Crippen LogP contribution is 2.11. The van der Waals surface area contributed by atoms with E-state index < -0.39 is 0 Å². The second kappa shape index (κ2) is 6.02. The lowest BCUT2D eigenvalue weighted by atomic mass is 10.1. The Balaban J connectivity index is 0.00000162. The monoisotopic (exact) mass is 271 g/mol. The number of nitrogens with one attached hydrogen (secondary N) is 2. The quantitative estimate of drug-likeness (QED) is 0.784. The lowest BCUT2D eigenvalue weighted by Gasteiger charge is -2.34. The minimum Gasteiger partial charge on any atom is -0.333 e. The van der Waals surface area contributed by atoms with Gasteiger partial charge in [0.25, 0.3) is 5.91 Å². The van der Waals surface area contributed by atoms with E-state index in [0.717, 1.165) is 18.7 Å². The van der Waals surface area contributed by atoms with Crippen LogP contribution in [0.1, 0.15) is 22.8 Å². The molecule has 0 aromatic carbocycles. The molecule has 100 valence electrons. The summed E-state index contributed by atoms with van der Waals surface area (Å²) in [6.45, 7) is 6.14. The molecule has 1 saturated heterocycles. The number of carbonyl (C=O) groups excluding carboxylic acids is 1. The zero-order valence-electron chi connectivity index (χ0n) is 10.5. The number of aryl methyl sites for hydroxylation is 1. The summed E-state index contributed by atoms with van der Waals surface area (Å²) >= 11 is 0. The van der Waals surface area contributed by atoms with Crippen molar-refractivity contribution in [3.05, 3.63) is 33.7 Å². The topological polar surface area (TPSA) is 65.2 Å². The lowest BCUT2D eigenvalue weighted by molar-refractivity contribution is 0.0654. The van der Waals surface area contributed by atoms with Crippen LogP contribution in [0.15, 0.2) is 17.1 Å². The summed E-state index contributed by atoms with van der Waals surface area (Å²) in [6, 6.07) is 1.64. The SMILES string of the molecule is Cc1cc(=O)[nH]cc1C(=O)N1CCNCC1C.Cl. The fourth-order valence-corrected chi connectivity index (χ4v) is 2.10. The Morgan fingerprint density at radius 3 is 2.83 bits per heavy atom. The molecule has 1 unspecified atom stereocenters. The van der Waals surface area contributed by atoms with Crippen molar-refractivity contribution in [3.8, 4) is 0 Å². The van der Waals surface area contributed by atoms with Crippen molar-refractivity contribution in [2.75, 3.05) is 19.6 Å². The Labute approximate surface area is 112 Å². The van der Waals surface area contributed by atoms with Gasteiger partial charge in [0.2, 0.25) is 5.56 Å². The molecule has 1 fully saturated rings. The predicted octanol–water partition coefficient (Wildman–Crippen LogP) is 0.539. The van der Waals surface area contributed by atoms with E-state index in [-0.39, 0.29) is 29.9 Å². The predicted molar refractivity (Wildman–Crippen MR) is 72.4 cm³/mol. The van der Waals surface area contributed by atoms with Gasteiger partial charge in [-0.3, -0.25) is 9.59 Å². The number of nitrogens with zero attached hydrogens (tertiary/aromatic N) is 1. The minimum atomic E-state index is -0.174. The molecule has 1 aromatic heterocycles. The van der Waals surface area contributed by atoms with Gasteiger partial charge in [0, 0.05) is 37.9 Å². The van der Waals surface area contributed by atoms with Crippen LogP contribution < -0.4 is 10.9 Å². The number of piperazine rings is 1. The normalized spacial score (nSPS) is 19.2. The van der Waals surface area contributed by atoms with E-state index in [4.69, 9.17) is 0 Å². The van der Waals surface area contributed by atoms with E-state index in [1.807, 2.05) is 11.8 Å². The molecule has 5 nitrogen and oxygen atoms in total. The molecule has 1 aliphatic rings. The highest BCUT2D eigenvalue weighted by molar-refractivity contribution is 5.95. The maximum atomic E-state index is 12.3. The average molecular weight is 272 g/mol. The first-order valence-corrected chi connectivity index (χ1v) is 5.80. The number of aromatic nitrogens is 1. The Morgan fingerprint density at radius 2 is 2.22 bits per heavy atom. The van der Waals surface area contributed by atoms with E-state index in [1.54, 1.807) is 6.92 Å². The van der Waals surface area contributed by atoms with Gasteiger partial charge in [-0.25, -0.2) is 0 Å². The second-order valence-electron chi connectivity index (χ2n) is 4.45. The van der Waals surface area contributed by atoms with Crippen LogP contribution in [0.4, 0.5) is 0 Å². The molecule has 18 heavy (non-hydrogen) atoms. The van der Waals surface area contributed by atoms with E-state index in [0.29, 0.717) is 12.1 Å². The molecule has 0 saturated carbocycles. The molecule has 6 heteroatoms. The number of aromatic amines is 1. The maximum absolute atomic E-state index is 12.3. The molecule has 1 amide bonds. The molecule has 1 atom stereocenters. The Morgan fingerprint density at radius 1 is 1.50 bits per heavy atom. The smallest absolute Gasteiger partial charge is 0.255 e. The summed E-state index contributed by atoms with van der Waals surface area (Å²) in [4.78, 5) is 27.8. The highest BCUT2D eigenvalue weighted by Gasteiger charge is 2.24. The molecule has 0 bridgehead atoms. The molecule has 0 spiro atoms. The van der Waals surface area contributed by atoms with Crippen LogP contribution in [-0.4, -0.2) is 41.5 Å². The average Bonchev–Trinajstić information content (AvgIpc) is 2.29. The van der Waals surface area contributed by atoms with Gasteiger partial charge in [0.1, 0.15) is 0 Å². The number of amides is 1. The van der Waals surface area contributed by atoms with Crippen LogP contribution in [0.5, 0.6) is 0 Å². The lowest BCUT2D eigenvalue weighted by Crippen LogP contribution is -2.52. The van der Waals surface area contributed by atoms with Crippen LogP contribution in [-0.2, 0) is 0 Å². The van der Waals surface area contributed by atoms with Crippen molar-refractivity contribution in [1.82, 2.24) is 15.2 Å². The summed E-state index contributed by atoms with van der Waals surface area (Å²) in [6.07, 6.45) is 1.51. The molecule has 0 aliphatic carbocycles. The van der Waals surface area contributed by atoms with Crippen molar-refractivity contribution in [2.45, 2.75) is 19.9 Å². The van der Waals surface area contributed by atoms with Gasteiger partial charge in [-0.2, -0.15) is 0 Å². The molecule has 1 aromatic rings. The number of carbonyl (C=O) groups is 1. The van der Waals surface area contributed by atoms with Crippen molar-refractivity contribution < 1.29 is 4.79 Å². The molecule has 2 N–H and O–H groups in total. The Kier molecular flexibility index (Phi) is 4.93. The summed E-state index contributed by atoms with van der Waals surface area (Å²) in [5, 5.41) is 3.24. The number of pyridine rings is 1. The number of hydrogen-bond acceptors (Lipinski definition) is 3. The van der Waals surface area contributed by atoms with Crippen molar-refractivity contribution in [2.24, 2.45) is 0 Å². The van der Waals surface area contributed by atoms with E-state index in [9.17, 15) is 9.59 Å². The van der Waals surface area contributed by atoms with Crippen molar-refractivity contribution in [3.63, 3.8) is 0 Å². The largest absolute Gasteiger partial charge is 0.333 e. The van der Waals surface area contributed by atoms with Crippen LogP contribution in [0.2, 0.25) is 0 Å². The molecular weight excluding hydrogens is 254 g/mol. The third-order valence-corrected chi connectivity index (χ3v) is 3.12. The van der Waals surface area contributed by atoms with E-state index >= 15 is 0 Å². The first-order valence-electron chi connectivity index (χ1n) is 5.80. The maximum Gasteiger partial charge on any atom is 0.255 e. The zero-order chi connectivity index (χ0) is 12.4. The second-order valence-corrected chi connectivity index (χ2v) is 4.45. The number of rotatable bonds is 1. The third-order valence-electron chi connectivity index (χ3n) is 3.12. The first-order chi connectivity index (χ1) is 8.09. The van der Waals surface area contributed by atoms with Gasteiger partial charge >= 0.3 is 0 Å². The number of halogens is 1. The van der Waals surface area contributed by atoms with Gasteiger partial charge < -0.3 is 15.2 Å². The van der Waals surface area contributed by atoms with Gasteiger partial charge in [-0.1, -0.05) is 0 Å². The summed E-state index contributed by atoms with van der Waals surface area (Å²) in [5.74, 6) is -0.00671. The molecular formula is C12H18ClN3O2. The molecule has 1 aliphatic heterocycles. The third kappa shape index (κ3) is 2.91. The van der Waals surface area contributed by atoms with Gasteiger partial charge in [0.15, 0.2) is 0 Å². The Bertz CT molecular complexity index is 486. The van der Waals surface area contributed by atoms with Gasteiger partial charge in [0.05, 0.1) is 5.56 Å². The number of hydrogen-bond donors (Lipinski definition) is 2. The van der Waals surface area contributed by atoms with Crippen LogP contribution >= 0.6 is 12.4 Å². The molecule has 2 heterocycles. The van der Waals surface area contributed by atoms with Crippen LogP contribution in [0, 0.1) is 6.92 Å². The standard InChI is InChI=1S/C12H17N3O2.ClH/c1-8-5-11(16)14-7-10(8)12(17)15-4-3-13-6-9(15)2;/h5,7,9,13H,3-4,6H2,1-2H3,(H,14,16);1H. The van der Waals surface area contributed by atoms with Crippen molar-refractivity contribution in [1.29, 1.82) is 0 Å².